The largest absolute Gasteiger partial charge is 0.378 e. The molecule has 1 aromatic carbocycles. The van der Waals surface area contributed by atoms with Crippen LogP contribution in [0.3, 0.4) is 0 Å². The van der Waals surface area contributed by atoms with Crippen molar-refractivity contribution in [3.8, 4) is 0 Å². The van der Waals surface area contributed by atoms with E-state index in [4.69, 9.17) is 22.1 Å². The number of rotatable bonds is 5. The average molecular weight is 293 g/mol. The Morgan fingerprint density at radius 2 is 2.30 bits per heavy atom. The predicted octanol–water partition coefficient (Wildman–Crippen LogP) is 3.71. The molecule has 0 amide bonds. The van der Waals surface area contributed by atoms with Gasteiger partial charge < -0.3 is 15.0 Å². The molecule has 20 heavy (non-hydrogen) atoms. The third-order valence-electron chi connectivity index (χ3n) is 4.10. The molecular formula is C16H21ClN2O. The molecule has 1 fully saturated rings. The zero-order valence-electron chi connectivity index (χ0n) is 11.6. The van der Waals surface area contributed by atoms with E-state index in [1.54, 1.807) is 0 Å². The summed E-state index contributed by atoms with van der Waals surface area (Å²) in [6.45, 7) is 2.50. The molecule has 1 aromatic heterocycles. The molecule has 3 nitrogen and oxygen atoms in total. The number of aromatic nitrogens is 1. The Morgan fingerprint density at radius 3 is 3.05 bits per heavy atom. The van der Waals surface area contributed by atoms with Crippen molar-refractivity contribution in [1.82, 2.24) is 4.57 Å². The number of benzene rings is 1. The van der Waals surface area contributed by atoms with Crippen LogP contribution in [0.1, 0.15) is 31.2 Å². The van der Waals surface area contributed by atoms with Crippen LogP contribution in [0.15, 0.2) is 24.4 Å². The molecule has 2 aromatic rings. The summed E-state index contributed by atoms with van der Waals surface area (Å²) in [5, 5.41) is 1.99. The lowest BCUT2D eigenvalue weighted by atomic mass is 10.1. The van der Waals surface area contributed by atoms with Gasteiger partial charge in [-0.25, -0.2) is 0 Å². The van der Waals surface area contributed by atoms with Crippen LogP contribution in [-0.2, 0) is 17.8 Å². The molecule has 1 atom stereocenters. The van der Waals surface area contributed by atoms with E-state index in [1.165, 1.54) is 29.3 Å². The van der Waals surface area contributed by atoms with Gasteiger partial charge in [0.25, 0.3) is 0 Å². The Hall–Kier alpha value is -1.03. The summed E-state index contributed by atoms with van der Waals surface area (Å²) in [7, 11) is 0. The van der Waals surface area contributed by atoms with Crippen molar-refractivity contribution in [2.45, 2.75) is 44.9 Å². The Morgan fingerprint density at radius 1 is 1.40 bits per heavy atom. The van der Waals surface area contributed by atoms with E-state index in [0.29, 0.717) is 12.6 Å². The minimum absolute atomic E-state index is 0.467. The highest BCUT2D eigenvalue weighted by Crippen LogP contribution is 2.25. The summed E-state index contributed by atoms with van der Waals surface area (Å²) in [6, 6.07) is 6.03. The minimum Gasteiger partial charge on any atom is -0.378 e. The molecule has 2 heterocycles. The number of nitrogens with zero attached hydrogens (tertiary/aromatic N) is 1. The van der Waals surface area contributed by atoms with Gasteiger partial charge >= 0.3 is 0 Å². The molecular weight excluding hydrogens is 272 g/mol. The summed E-state index contributed by atoms with van der Waals surface area (Å²) < 4.78 is 7.95. The highest BCUT2D eigenvalue weighted by molar-refractivity contribution is 6.31. The topological polar surface area (TPSA) is 40.2 Å². The molecule has 1 saturated heterocycles. The number of hydrogen-bond donors (Lipinski definition) is 1. The summed E-state index contributed by atoms with van der Waals surface area (Å²) in [6.07, 6.45) is 7.32. The number of hydrogen-bond acceptors (Lipinski definition) is 2. The van der Waals surface area contributed by atoms with Crippen LogP contribution in [0.4, 0.5) is 0 Å². The number of fused-ring (bicyclic) bond motifs is 1. The smallest absolute Gasteiger partial charge is 0.0576 e. The van der Waals surface area contributed by atoms with Gasteiger partial charge in [-0.05, 0) is 43.4 Å². The number of halogens is 1. The summed E-state index contributed by atoms with van der Waals surface area (Å²) >= 11 is 6.12. The summed E-state index contributed by atoms with van der Waals surface area (Å²) in [5.74, 6) is 0. The first-order valence-electron chi connectivity index (χ1n) is 7.37. The quantitative estimate of drug-likeness (QED) is 0.912. The Kier molecular flexibility index (Phi) is 4.29. The standard InChI is InChI=1S/C16H21ClN2O/c17-13-5-6-15-12(10-18)11-19(16(15)9-13)7-1-3-14-4-2-8-20-14/h5-6,9,11,14H,1-4,7-8,10,18H2. The highest BCUT2D eigenvalue weighted by atomic mass is 35.5. The zero-order valence-corrected chi connectivity index (χ0v) is 12.4. The average Bonchev–Trinajstić information content (AvgIpc) is 3.07. The second kappa shape index (κ2) is 6.17. The summed E-state index contributed by atoms with van der Waals surface area (Å²) in [5.41, 5.74) is 8.20. The van der Waals surface area contributed by atoms with Gasteiger partial charge in [-0.1, -0.05) is 17.7 Å². The minimum atomic E-state index is 0.467. The van der Waals surface area contributed by atoms with E-state index in [-0.39, 0.29) is 0 Å². The van der Waals surface area contributed by atoms with Crippen LogP contribution < -0.4 is 5.73 Å². The molecule has 0 radical (unpaired) electrons. The Labute approximate surface area is 124 Å². The SMILES string of the molecule is NCc1cn(CCCC2CCCO2)c2cc(Cl)ccc12. The monoisotopic (exact) mass is 292 g/mol. The van der Waals surface area contributed by atoms with E-state index in [1.807, 2.05) is 12.1 Å². The normalized spacial score (nSPS) is 19.0. The van der Waals surface area contributed by atoms with Crippen LogP contribution in [0.2, 0.25) is 5.02 Å². The van der Waals surface area contributed by atoms with E-state index in [2.05, 4.69) is 16.8 Å². The third-order valence-corrected chi connectivity index (χ3v) is 4.33. The molecule has 0 bridgehead atoms. The van der Waals surface area contributed by atoms with Crippen molar-refractivity contribution in [3.05, 3.63) is 35.0 Å². The van der Waals surface area contributed by atoms with Crippen molar-refractivity contribution in [3.63, 3.8) is 0 Å². The van der Waals surface area contributed by atoms with Gasteiger partial charge in [-0.15, -0.1) is 0 Å². The van der Waals surface area contributed by atoms with E-state index in [0.717, 1.165) is 31.0 Å². The van der Waals surface area contributed by atoms with Crippen molar-refractivity contribution >= 4 is 22.5 Å². The third kappa shape index (κ3) is 2.85. The Balaban J connectivity index is 1.74. The van der Waals surface area contributed by atoms with Crippen LogP contribution in [0, 0.1) is 0 Å². The highest BCUT2D eigenvalue weighted by Gasteiger charge is 2.15. The first-order chi connectivity index (χ1) is 9.78. The lowest BCUT2D eigenvalue weighted by Gasteiger charge is -2.10. The lowest BCUT2D eigenvalue weighted by molar-refractivity contribution is 0.101. The number of nitrogens with two attached hydrogens (primary N) is 1. The Bertz CT molecular complexity index is 587. The molecule has 0 saturated carbocycles. The van der Waals surface area contributed by atoms with Crippen LogP contribution in [0.25, 0.3) is 10.9 Å². The van der Waals surface area contributed by atoms with Gasteiger partial charge in [0.2, 0.25) is 0 Å². The predicted molar refractivity (Wildman–Crippen MR) is 83.0 cm³/mol. The second-order valence-corrected chi connectivity index (χ2v) is 5.93. The van der Waals surface area contributed by atoms with E-state index >= 15 is 0 Å². The molecule has 2 N–H and O–H groups in total. The maximum absolute atomic E-state index is 6.12. The van der Waals surface area contributed by atoms with Crippen molar-refractivity contribution < 1.29 is 4.74 Å². The fraction of sp³-hybridized carbons (Fsp3) is 0.500. The molecule has 0 spiro atoms. The first kappa shape index (κ1) is 13.9. The second-order valence-electron chi connectivity index (χ2n) is 5.49. The van der Waals surface area contributed by atoms with Gasteiger partial charge in [0.15, 0.2) is 0 Å². The maximum Gasteiger partial charge on any atom is 0.0576 e. The molecule has 1 unspecified atom stereocenters. The van der Waals surface area contributed by atoms with E-state index < -0.39 is 0 Å². The maximum atomic E-state index is 6.12. The van der Waals surface area contributed by atoms with Gasteiger partial charge in [-0.2, -0.15) is 0 Å². The van der Waals surface area contributed by atoms with E-state index in [9.17, 15) is 0 Å². The van der Waals surface area contributed by atoms with Crippen LogP contribution >= 0.6 is 11.6 Å². The fourth-order valence-electron chi connectivity index (χ4n) is 3.05. The first-order valence-corrected chi connectivity index (χ1v) is 7.74. The zero-order chi connectivity index (χ0) is 13.9. The van der Waals surface area contributed by atoms with Gasteiger partial charge in [0.1, 0.15) is 0 Å². The molecule has 108 valence electrons. The van der Waals surface area contributed by atoms with Crippen LogP contribution in [-0.4, -0.2) is 17.3 Å². The van der Waals surface area contributed by atoms with Gasteiger partial charge in [-0.3, -0.25) is 0 Å². The van der Waals surface area contributed by atoms with Gasteiger partial charge in [0, 0.05) is 41.8 Å². The van der Waals surface area contributed by atoms with Crippen LogP contribution in [0.5, 0.6) is 0 Å². The molecule has 0 aliphatic carbocycles. The fourth-order valence-corrected chi connectivity index (χ4v) is 3.22. The summed E-state index contributed by atoms with van der Waals surface area (Å²) in [4.78, 5) is 0. The molecule has 3 rings (SSSR count). The number of aryl methyl sites for hydroxylation is 1. The number of ether oxygens (including phenoxy) is 1. The molecule has 1 aliphatic rings. The molecule has 4 heteroatoms. The van der Waals surface area contributed by atoms with Crippen molar-refractivity contribution in [2.24, 2.45) is 5.73 Å². The van der Waals surface area contributed by atoms with Crippen molar-refractivity contribution in [2.75, 3.05) is 6.61 Å². The lowest BCUT2D eigenvalue weighted by Crippen LogP contribution is -2.06. The van der Waals surface area contributed by atoms with Gasteiger partial charge in [0.05, 0.1) is 6.10 Å². The van der Waals surface area contributed by atoms with Crippen molar-refractivity contribution in [1.29, 1.82) is 0 Å². The molecule has 1 aliphatic heterocycles.